The monoisotopic (exact) mass is 313 g/mol. The lowest BCUT2D eigenvalue weighted by Gasteiger charge is -2.10. The summed E-state index contributed by atoms with van der Waals surface area (Å²) >= 11 is 0. The fourth-order valence-corrected chi connectivity index (χ4v) is 2.29. The van der Waals surface area contributed by atoms with E-state index in [1.54, 1.807) is 10.9 Å². The molecule has 0 radical (unpaired) electrons. The predicted octanol–water partition coefficient (Wildman–Crippen LogP) is 2.42. The highest BCUT2D eigenvalue weighted by molar-refractivity contribution is 5.82. The number of nitrogens with zero attached hydrogens (tertiary/aromatic N) is 4. The van der Waals surface area contributed by atoms with Crippen LogP contribution in [0.15, 0.2) is 35.0 Å². The topological polar surface area (TPSA) is 85.8 Å². The van der Waals surface area contributed by atoms with Crippen molar-refractivity contribution >= 4 is 16.8 Å². The molecule has 0 aliphatic rings. The minimum absolute atomic E-state index is 0.142. The summed E-state index contributed by atoms with van der Waals surface area (Å²) in [6, 6.07) is 7.42. The zero-order valence-corrected chi connectivity index (χ0v) is 13.4. The van der Waals surface area contributed by atoms with Crippen molar-refractivity contribution in [3.05, 3.63) is 42.2 Å². The second-order valence-electron chi connectivity index (χ2n) is 5.80. The van der Waals surface area contributed by atoms with Crippen molar-refractivity contribution in [1.29, 1.82) is 0 Å². The van der Waals surface area contributed by atoms with E-state index in [-0.39, 0.29) is 24.4 Å². The van der Waals surface area contributed by atoms with E-state index in [0.717, 1.165) is 10.9 Å². The highest BCUT2D eigenvalue weighted by atomic mass is 16.5. The van der Waals surface area contributed by atoms with Gasteiger partial charge in [0.15, 0.2) is 5.82 Å². The second kappa shape index (κ2) is 6.20. The van der Waals surface area contributed by atoms with Gasteiger partial charge in [-0.25, -0.2) is 0 Å². The Labute approximate surface area is 133 Å². The number of fused-ring (bicyclic) bond motifs is 1. The van der Waals surface area contributed by atoms with Crippen LogP contribution in [0.1, 0.15) is 44.4 Å². The number of aromatic nitrogens is 4. The van der Waals surface area contributed by atoms with Crippen LogP contribution < -0.4 is 5.32 Å². The molecule has 23 heavy (non-hydrogen) atoms. The summed E-state index contributed by atoms with van der Waals surface area (Å²) < 4.78 is 6.87. The Morgan fingerprint density at radius 1 is 1.30 bits per heavy atom. The molecule has 0 fully saturated rings. The van der Waals surface area contributed by atoms with Crippen LogP contribution in [-0.2, 0) is 11.3 Å². The smallest absolute Gasteiger partial charge is 0.248 e. The minimum atomic E-state index is -0.343. The Kier molecular flexibility index (Phi) is 4.10. The lowest BCUT2D eigenvalue weighted by molar-refractivity contribution is -0.122. The molecule has 2 aromatic heterocycles. The molecule has 7 nitrogen and oxygen atoms in total. The molecule has 2 heterocycles. The predicted molar refractivity (Wildman–Crippen MR) is 84.7 cm³/mol. The van der Waals surface area contributed by atoms with Gasteiger partial charge in [0.2, 0.25) is 11.8 Å². The average Bonchev–Trinajstić information content (AvgIpc) is 3.15. The Balaban J connectivity index is 1.66. The molecule has 0 aliphatic heterocycles. The second-order valence-corrected chi connectivity index (χ2v) is 5.80. The first-order valence-electron chi connectivity index (χ1n) is 7.58. The van der Waals surface area contributed by atoms with Gasteiger partial charge in [-0.15, -0.1) is 0 Å². The number of carbonyl (C=O) groups excluding carboxylic acids is 1. The van der Waals surface area contributed by atoms with E-state index in [1.165, 1.54) is 0 Å². The van der Waals surface area contributed by atoms with Crippen molar-refractivity contribution in [2.45, 2.75) is 39.3 Å². The summed E-state index contributed by atoms with van der Waals surface area (Å²) in [5, 5.41) is 12.0. The highest BCUT2D eigenvalue weighted by Gasteiger charge is 2.18. The Morgan fingerprint density at radius 2 is 2.09 bits per heavy atom. The zero-order valence-electron chi connectivity index (χ0n) is 13.4. The van der Waals surface area contributed by atoms with Gasteiger partial charge in [-0.1, -0.05) is 37.2 Å². The lowest BCUT2D eigenvalue weighted by atomic mass is 10.2. The van der Waals surface area contributed by atoms with Crippen LogP contribution in [-0.4, -0.2) is 25.8 Å². The van der Waals surface area contributed by atoms with Gasteiger partial charge in [-0.05, 0) is 13.0 Å². The molecule has 0 spiro atoms. The molecule has 0 saturated carbocycles. The third kappa shape index (κ3) is 3.23. The van der Waals surface area contributed by atoms with Crippen molar-refractivity contribution in [2.75, 3.05) is 0 Å². The van der Waals surface area contributed by atoms with Crippen LogP contribution >= 0.6 is 0 Å². The van der Waals surface area contributed by atoms with Crippen LogP contribution in [0.4, 0.5) is 0 Å². The van der Waals surface area contributed by atoms with Crippen molar-refractivity contribution in [2.24, 2.45) is 0 Å². The van der Waals surface area contributed by atoms with Gasteiger partial charge in [-0.2, -0.15) is 10.1 Å². The van der Waals surface area contributed by atoms with Gasteiger partial charge in [0.05, 0.1) is 11.7 Å². The molecule has 0 unspecified atom stereocenters. The van der Waals surface area contributed by atoms with Gasteiger partial charge in [0.1, 0.15) is 12.6 Å². The molecule has 0 saturated heterocycles. The molecule has 120 valence electrons. The van der Waals surface area contributed by atoms with E-state index in [2.05, 4.69) is 20.6 Å². The Hall–Kier alpha value is -2.70. The molecular formula is C16H19N5O2. The maximum Gasteiger partial charge on any atom is 0.248 e. The van der Waals surface area contributed by atoms with Crippen LogP contribution in [0.5, 0.6) is 0 Å². The van der Waals surface area contributed by atoms with Crippen LogP contribution in [0, 0.1) is 0 Å². The molecule has 1 aromatic carbocycles. The summed E-state index contributed by atoms with van der Waals surface area (Å²) in [6.07, 6.45) is 1.75. The summed E-state index contributed by atoms with van der Waals surface area (Å²) in [5.74, 6) is 1.08. The van der Waals surface area contributed by atoms with Crippen LogP contribution in [0.2, 0.25) is 0 Å². The summed E-state index contributed by atoms with van der Waals surface area (Å²) in [6.45, 7) is 5.93. The molecule has 1 atom stereocenters. The number of hydrogen-bond acceptors (Lipinski definition) is 5. The molecule has 3 rings (SSSR count). The number of hydrogen-bond donors (Lipinski definition) is 1. The van der Waals surface area contributed by atoms with E-state index >= 15 is 0 Å². The van der Waals surface area contributed by atoms with Gasteiger partial charge in [0, 0.05) is 11.3 Å². The summed E-state index contributed by atoms with van der Waals surface area (Å²) in [7, 11) is 0. The molecule has 0 aliphatic carbocycles. The van der Waals surface area contributed by atoms with Gasteiger partial charge < -0.3 is 9.84 Å². The molecule has 7 heteroatoms. The SMILES string of the molecule is CC(C)c1noc([C@@H](C)NC(=O)Cn2ncc3ccccc32)n1. The van der Waals surface area contributed by atoms with Crippen molar-refractivity contribution in [3.8, 4) is 0 Å². The number of para-hydroxylation sites is 1. The number of carbonyl (C=O) groups is 1. The fraction of sp³-hybridized carbons (Fsp3) is 0.375. The largest absolute Gasteiger partial charge is 0.343 e. The standard InChI is InChI=1S/C16H19N5O2/c1-10(2)15-19-16(23-20-15)11(3)18-14(22)9-21-13-7-5-4-6-12(13)8-17-21/h4-8,10-11H,9H2,1-3H3,(H,18,22)/t11-/m1/s1. The van der Waals surface area contributed by atoms with Gasteiger partial charge >= 0.3 is 0 Å². The Morgan fingerprint density at radius 3 is 2.83 bits per heavy atom. The van der Waals surface area contributed by atoms with E-state index in [1.807, 2.05) is 45.0 Å². The maximum atomic E-state index is 12.2. The van der Waals surface area contributed by atoms with Crippen LogP contribution in [0.25, 0.3) is 10.9 Å². The third-order valence-corrected chi connectivity index (χ3v) is 3.57. The van der Waals surface area contributed by atoms with E-state index < -0.39 is 0 Å². The number of rotatable bonds is 5. The zero-order chi connectivity index (χ0) is 16.4. The first-order valence-corrected chi connectivity index (χ1v) is 7.58. The normalized spacial score (nSPS) is 12.7. The molecule has 3 aromatic rings. The molecule has 0 bridgehead atoms. The highest BCUT2D eigenvalue weighted by Crippen LogP contribution is 2.15. The van der Waals surface area contributed by atoms with Crippen molar-refractivity contribution in [1.82, 2.24) is 25.2 Å². The summed E-state index contributed by atoms with van der Waals surface area (Å²) in [5.41, 5.74) is 0.926. The number of amides is 1. The lowest BCUT2D eigenvalue weighted by Crippen LogP contribution is -2.30. The first kappa shape index (κ1) is 15.2. The first-order chi connectivity index (χ1) is 11.0. The van der Waals surface area contributed by atoms with E-state index in [0.29, 0.717) is 11.7 Å². The van der Waals surface area contributed by atoms with Crippen molar-refractivity contribution in [3.63, 3.8) is 0 Å². The van der Waals surface area contributed by atoms with Crippen LogP contribution in [0.3, 0.4) is 0 Å². The molecule has 1 amide bonds. The van der Waals surface area contributed by atoms with Gasteiger partial charge in [0.25, 0.3) is 0 Å². The Bertz CT molecular complexity index is 821. The average molecular weight is 313 g/mol. The molecular weight excluding hydrogens is 294 g/mol. The van der Waals surface area contributed by atoms with Crippen molar-refractivity contribution < 1.29 is 9.32 Å². The van der Waals surface area contributed by atoms with E-state index in [9.17, 15) is 4.79 Å². The maximum absolute atomic E-state index is 12.2. The summed E-state index contributed by atoms with van der Waals surface area (Å²) in [4.78, 5) is 16.5. The number of benzene rings is 1. The van der Waals surface area contributed by atoms with Gasteiger partial charge in [-0.3, -0.25) is 9.48 Å². The minimum Gasteiger partial charge on any atom is -0.343 e. The quantitative estimate of drug-likeness (QED) is 0.782. The fourth-order valence-electron chi connectivity index (χ4n) is 2.29. The van der Waals surface area contributed by atoms with E-state index in [4.69, 9.17) is 4.52 Å². The number of nitrogens with one attached hydrogen (secondary N) is 1. The third-order valence-electron chi connectivity index (χ3n) is 3.57. The molecule has 1 N–H and O–H groups in total.